The molecule has 0 fully saturated rings. The third-order valence-corrected chi connectivity index (χ3v) is 5.25. The minimum Gasteiger partial charge on any atom is -0.231 e. The molecule has 0 unspecified atom stereocenters. The molecule has 1 aromatic heterocycles. The van der Waals surface area contributed by atoms with Gasteiger partial charge in [0.2, 0.25) is 0 Å². The van der Waals surface area contributed by atoms with E-state index in [0.29, 0.717) is 0 Å². The summed E-state index contributed by atoms with van der Waals surface area (Å²) in [4.78, 5) is 0. The minimum atomic E-state index is 1.17. The van der Waals surface area contributed by atoms with Crippen molar-refractivity contribution in [3.8, 4) is 0 Å². The highest BCUT2D eigenvalue weighted by Gasteiger charge is 2.23. The van der Waals surface area contributed by atoms with E-state index in [4.69, 9.17) is 0 Å². The van der Waals surface area contributed by atoms with Gasteiger partial charge in [0.25, 0.3) is 0 Å². The van der Waals surface area contributed by atoms with Crippen LogP contribution in [0.15, 0.2) is 23.6 Å². The summed E-state index contributed by atoms with van der Waals surface area (Å²) in [7, 11) is 0. The minimum absolute atomic E-state index is 1.17. The van der Waals surface area contributed by atoms with Crippen molar-refractivity contribution in [3.05, 3.63) is 40.4 Å². The highest BCUT2D eigenvalue weighted by Crippen LogP contribution is 2.27. The topological polar surface area (TPSA) is 15.9 Å². The first-order valence-corrected chi connectivity index (χ1v) is 8.17. The standard InChI is InChI=1S/C16H18N2S/c1-2-5-13-10-14(8-7-12(13)4-1)17-16-18-9-3-6-15(18)11-19-16/h7-8,10-11H,1-6,9H2/p+1. The lowest BCUT2D eigenvalue weighted by Gasteiger charge is -2.15. The molecule has 98 valence electrons. The first kappa shape index (κ1) is 11.5. The molecule has 0 amide bonds. The van der Waals surface area contributed by atoms with Crippen LogP contribution in [-0.4, -0.2) is 0 Å². The van der Waals surface area contributed by atoms with Crippen molar-refractivity contribution < 1.29 is 4.57 Å². The Bertz CT molecular complexity index is 615. The lowest BCUT2D eigenvalue weighted by molar-refractivity contribution is -0.672. The Balaban J connectivity index is 1.62. The van der Waals surface area contributed by atoms with Gasteiger partial charge in [0, 0.05) is 11.8 Å². The van der Waals surface area contributed by atoms with Gasteiger partial charge >= 0.3 is 5.13 Å². The lowest BCUT2D eigenvalue weighted by atomic mass is 9.91. The van der Waals surface area contributed by atoms with E-state index in [9.17, 15) is 0 Å². The molecule has 2 aromatic rings. The van der Waals surface area contributed by atoms with Crippen LogP contribution in [0.2, 0.25) is 0 Å². The zero-order valence-corrected chi connectivity index (χ0v) is 11.9. The first-order valence-electron chi connectivity index (χ1n) is 7.29. The predicted octanol–water partition coefficient (Wildman–Crippen LogP) is 3.60. The van der Waals surface area contributed by atoms with Crippen molar-refractivity contribution in [2.45, 2.75) is 45.1 Å². The molecule has 1 aliphatic carbocycles. The second-order valence-electron chi connectivity index (χ2n) is 5.60. The molecule has 19 heavy (non-hydrogen) atoms. The number of fused-ring (bicyclic) bond motifs is 2. The Morgan fingerprint density at radius 3 is 2.84 bits per heavy atom. The molecule has 0 atom stereocenters. The molecule has 2 nitrogen and oxygen atoms in total. The number of hydrogen-bond donors (Lipinski definition) is 1. The maximum atomic E-state index is 3.62. The molecule has 4 rings (SSSR count). The van der Waals surface area contributed by atoms with E-state index in [1.807, 2.05) is 11.3 Å². The van der Waals surface area contributed by atoms with Crippen LogP contribution in [-0.2, 0) is 25.8 Å². The normalized spacial score (nSPS) is 17.1. The lowest BCUT2D eigenvalue weighted by Crippen LogP contribution is -2.32. The monoisotopic (exact) mass is 271 g/mol. The summed E-state index contributed by atoms with van der Waals surface area (Å²) in [6, 6.07) is 6.91. The van der Waals surface area contributed by atoms with E-state index in [1.165, 1.54) is 61.6 Å². The molecule has 0 saturated heterocycles. The number of anilines is 2. The second-order valence-corrected chi connectivity index (χ2v) is 6.46. The second kappa shape index (κ2) is 4.64. The Hall–Kier alpha value is -1.35. The Labute approximate surface area is 118 Å². The molecular formula is C16H19N2S+. The molecule has 2 aliphatic rings. The average molecular weight is 271 g/mol. The highest BCUT2D eigenvalue weighted by atomic mass is 32.1. The van der Waals surface area contributed by atoms with Gasteiger partial charge in [-0.3, -0.25) is 0 Å². The molecule has 0 bridgehead atoms. The number of aryl methyl sites for hydroxylation is 3. The summed E-state index contributed by atoms with van der Waals surface area (Å²) >= 11 is 1.84. The Morgan fingerprint density at radius 2 is 1.89 bits per heavy atom. The van der Waals surface area contributed by atoms with Crippen LogP contribution in [0.25, 0.3) is 0 Å². The fourth-order valence-corrected chi connectivity index (χ4v) is 4.28. The number of rotatable bonds is 2. The predicted molar refractivity (Wildman–Crippen MR) is 79.2 cm³/mol. The Morgan fingerprint density at radius 1 is 1.00 bits per heavy atom. The maximum absolute atomic E-state index is 3.62. The fourth-order valence-electron chi connectivity index (χ4n) is 3.27. The van der Waals surface area contributed by atoms with Crippen molar-refractivity contribution >= 4 is 22.2 Å². The van der Waals surface area contributed by atoms with E-state index in [2.05, 4.69) is 33.5 Å². The van der Waals surface area contributed by atoms with Crippen LogP contribution in [0.5, 0.6) is 0 Å². The number of nitrogens with one attached hydrogen (secondary N) is 1. The van der Waals surface area contributed by atoms with Gasteiger partial charge in [0.05, 0.1) is 6.54 Å². The number of thiazole rings is 1. The van der Waals surface area contributed by atoms with E-state index in [1.54, 1.807) is 11.1 Å². The molecule has 0 spiro atoms. The number of nitrogens with zero attached hydrogens (tertiary/aromatic N) is 1. The zero-order valence-electron chi connectivity index (χ0n) is 11.1. The summed E-state index contributed by atoms with van der Waals surface area (Å²) in [6.07, 6.45) is 7.75. The molecule has 3 heteroatoms. The first-order chi connectivity index (χ1) is 9.40. The molecule has 0 radical (unpaired) electrons. The van der Waals surface area contributed by atoms with Crippen LogP contribution in [0.1, 0.15) is 36.1 Å². The van der Waals surface area contributed by atoms with Crippen LogP contribution in [0, 0.1) is 0 Å². The van der Waals surface area contributed by atoms with Gasteiger partial charge in [-0.25, -0.2) is 9.88 Å². The smallest absolute Gasteiger partial charge is 0.231 e. The molecule has 1 aliphatic heterocycles. The van der Waals surface area contributed by atoms with E-state index >= 15 is 0 Å². The fraction of sp³-hybridized carbons (Fsp3) is 0.438. The third kappa shape index (κ3) is 2.06. The maximum Gasteiger partial charge on any atom is 0.339 e. The number of aromatic nitrogens is 1. The van der Waals surface area contributed by atoms with Crippen molar-refractivity contribution in [2.75, 3.05) is 5.32 Å². The molecule has 2 heterocycles. The van der Waals surface area contributed by atoms with Crippen LogP contribution < -0.4 is 9.88 Å². The van der Waals surface area contributed by atoms with Crippen LogP contribution >= 0.6 is 11.3 Å². The van der Waals surface area contributed by atoms with Crippen molar-refractivity contribution in [3.63, 3.8) is 0 Å². The van der Waals surface area contributed by atoms with Gasteiger partial charge in [-0.2, -0.15) is 0 Å². The largest absolute Gasteiger partial charge is 0.339 e. The van der Waals surface area contributed by atoms with Gasteiger partial charge < -0.3 is 0 Å². The summed E-state index contributed by atoms with van der Waals surface area (Å²) in [6.45, 7) is 1.17. The molecular weight excluding hydrogens is 252 g/mol. The summed E-state index contributed by atoms with van der Waals surface area (Å²) < 4.78 is 2.43. The van der Waals surface area contributed by atoms with Crippen LogP contribution in [0.3, 0.4) is 0 Å². The van der Waals surface area contributed by atoms with E-state index in [-0.39, 0.29) is 0 Å². The quantitative estimate of drug-likeness (QED) is 0.825. The van der Waals surface area contributed by atoms with Crippen molar-refractivity contribution in [1.82, 2.24) is 0 Å². The molecule has 1 aromatic carbocycles. The van der Waals surface area contributed by atoms with Gasteiger partial charge in [0.15, 0.2) is 0 Å². The average Bonchev–Trinajstić information content (AvgIpc) is 3.04. The van der Waals surface area contributed by atoms with E-state index in [0.717, 1.165) is 0 Å². The summed E-state index contributed by atoms with van der Waals surface area (Å²) in [5, 5.41) is 7.21. The van der Waals surface area contributed by atoms with Crippen molar-refractivity contribution in [2.24, 2.45) is 0 Å². The van der Waals surface area contributed by atoms with Gasteiger partial charge in [0.1, 0.15) is 11.4 Å². The van der Waals surface area contributed by atoms with Crippen molar-refractivity contribution in [1.29, 1.82) is 0 Å². The SMILES string of the molecule is c1cc2c(cc1Nc1scc3[n+]1CCC3)CCCC2. The number of hydrogen-bond acceptors (Lipinski definition) is 2. The summed E-state index contributed by atoms with van der Waals surface area (Å²) in [5.41, 5.74) is 5.85. The molecule has 0 saturated carbocycles. The Kier molecular flexibility index (Phi) is 2.80. The zero-order chi connectivity index (χ0) is 12.7. The summed E-state index contributed by atoms with van der Waals surface area (Å²) in [5.74, 6) is 0. The van der Waals surface area contributed by atoms with Gasteiger partial charge in [-0.1, -0.05) is 17.4 Å². The van der Waals surface area contributed by atoms with E-state index < -0.39 is 0 Å². The third-order valence-electron chi connectivity index (χ3n) is 4.31. The van der Waals surface area contributed by atoms with Gasteiger partial charge in [-0.05, 0) is 55.4 Å². The highest BCUT2D eigenvalue weighted by molar-refractivity contribution is 7.13. The van der Waals surface area contributed by atoms with Gasteiger partial charge in [-0.15, -0.1) is 0 Å². The van der Waals surface area contributed by atoms with Crippen LogP contribution in [0.4, 0.5) is 10.8 Å². The number of benzene rings is 1. The molecule has 1 N–H and O–H groups in total.